The van der Waals surface area contributed by atoms with Crippen molar-refractivity contribution in [2.45, 2.75) is 25.8 Å². The summed E-state index contributed by atoms with van der Waals surface area (Å²) < 4.78 is 8.60. The molecule has 1 fully saturated rings. The standard InChI is InChI=1S/C17H22N4O3/c1-11-14(17(24-4)20(3)18-11)13-8-6-10-21(13)16(23)12-7-5-9-19(2)15(12)22/h5,7,9,13H,6,8,10H2,1-4H3/t13-/m1/s1. The van der Waals surface area contributed by atoms with E-state index in [1.165, 1.54) is 4.57 Å². The molecule has 2 aromatic rings. The zero-order valence-electron chi connectivity index (χ0n) is 14.4. The van der Waals surface area contributed by atoms with Crippen molar-refractivity contribution in [1.82, 2.24) is 19.2 Å². The van der Waals surface area contributed by atoms with Gasteiger partial charge in [-0.2, -0.15) is 5.10 Å². The van der Waals surface area contributed by atoms with Gasteiger partial charge in [-0.3, -0.25) is 9.59 Å². The second-order valence-electron chi connectivity index (χ2n) is 6.13. The first kappa shape index (κ1) is 16.3. The van der Waals surface area contributed by atoms with E-state index >= 15 is 0 Å². The molecule has 0 radical (unpaired) electrons. The molecule has 0 bridgehead atoms. The predicted octanol–water partition coefficient (Wildman–Crippen LogP) is 1.41. The zero-order valence-corrected chi connectivity index (χ0v) is 14.4. The number of hydrogen-bond donors (Lipinski definition) is 0. The van der Waals surface area contributed by atoms with E-state index in [4.69, 9.17) is 4.74 Å². The van der Waals surface area contributed by atoms with Crippen molar-refractivity contribution in [2.75, 3.05) is 13.7 Å². The van der Waals surface area contributed by atoms with Gasteiger partial charge in [-0.1, -0.05) is 0 Å². The number of methoxy groups -OCH3 is 1. The molecular formula is C17H22N4O3. The lowest BCUT2D eigenvalue weighted by Gasteiger charge is -2.25. The highest BCUT2D eigenvalue weighted by atomic mass is 16.5. The molecule has 0 saturated carbocycles. The normalized spacial score (nSPS) is 17.3. The molecule has 3 heterocycles. The van der Waals surface area contributed by atoms with Gasteiger partial charge in [0.25, 0.3) is 11.5 Å². The van der Waals surface area contributed by atoms with Crippen LogP contribution in [-0.2, 0) is 14.1 Å². The maximum Gasteiger partial charge on any atom is 0.263 e. The Bertz CT molecular complexity index is 837. The molecule has 1 amide bonds. The lowest BCUT2D eigenvalue weighted by molar-refractivity contribution is 0.0731. The van der Waals surface area contributed by atoms with Crippen LogP contribution in [0.4, 0.5) is 0 Å². The largest absolute Gasteiger partial charge is 0.481 e. The topological polar surface area (TPSA) is 69.4 Å². The van der Waals surface area contributed by atoms with Crippen LogP contribution in [0, 0.1) is 6.92 Å². The SMILES string of the molecule is COc1c([C@H]2CCCN2C(=O)c2cccn(C)c2=O)c(C)nn1C. The van der Waals surface area contributed by atoms with Crippen LogP contribution >= 0.6 is 0 Å². The van der Waals surface area contributed by atoms with E-state index in [0.717, 1.165) is 24.1 Å². The molecule has 1 saturated heterocycles. The quantitative estimate of drug-likeness (QED) is 0.853. The number of pyridine rings is 1. The van der Waals surface area contributed by atoms with Crippen molar-refractivity contribution in [3.63, 3.8) is 0 Å². The van der Waals surface area contributed by atoms with Gasteiger partial charge in [-0.25, -0.2) is 4.68 Å². The smallest absolute Gasteiger partial charge is 0.263 e. The highest BCUT2D eigenvalue weighted by Crippen LogP contribution is 2.39. The van der Waals surface area contributed by atoms with E-state index in [0.29, 0.717) is 12.4 Å². The lowest BCUT2D eigenvalue weighted by Crippen LogP contribution is -2.36. The molecule has 3 rings (SSSR count). The van der Waals surface area contributed by atoms with Gasteiger partial charge in [0.1, 0.15) is 5.56 Å². The summed E-state index contributed by atoms with van der Waals surface area (Å²) in [5.74, 6) is 0.433. The summed E-state index contributed by atoms with van der Waals surface area (Å²) in [5, 5.41) is 4.41. The molecule has 0 spiro atoms. The monoisotopic (exact) mass is 330 g/mol. The van der Waals surface area contributed by atoms with E-state index in [9.17, 15) is 9.59 Å². The molecule has 7 nitrogen and oxygen atoms in total. The fourth-order valence-corrected chi connectivity index (χ4v) is 3.50. The van der Waals surface area contributed by atoms with E-state index < -0.39 is 0 Å². The molecule has 1 aliphatic rings. The second-order valence-corrected chi connectivity index (χ2v) is 6.13. The Morgan fingerprint density at radius 1 is 1.38 bits per heavy atom. The molecule has 1 aliphatic heterocycles. The summed E-state index contributed by atoms with van der Waals surface area (Å²) in [4.78, 5) is 27.0. The summed E-state index contributed by atoms with van der Waals surface area (Å²) in [6.07, 6.45) is 3.37. The van der Waals surface area contributed by atoms with Crippen molar-refractivity contribution in [3.8, 4) is 5.88 Å². The van der Waals surface area contributed by atoms with Gasteiger partial charge in [-0.05, 0) is 31.9 Å². The molecule has 7 heteroatoms. The fraction of sp³-hybridized carbons (Fsp3) is 0.471. The average molecular weight is 330 g/mol. The number of hydrogen-bond acceptors (Lipinski definition) is 4. The van der Waals surface area contributed by atoms with Gasteiger partial charge in [0, 0.05) is 26.8 Å². The van der Waals surface area contributed by atoms with Gasteiger partial charge >= 0.3 is 0 Å². The fourth-order valence-electron chi connectivity index (χ4n) is 3.50. The van der Waals surface area contributed by atoms with Crippen LogP contribution in [0.25, 0.3) is 0 Å². The van der Waals surface area contributed by atoms with Crippen molar-refractivity contribution < 1.29 is 9.53 Å². The summed E-state index contributed by atoms with van der Waals surface area (Å²) in [5.41, 5.74) is 1.70. The summed E-state index contributed by atoms with van der Waals surface area (Å²) >= 11 is 0. The summed E-state index contributed by atoms with van der Waals surface area (Å²) in [6.45, 7) is 2.54. The summed E-state index contributed by atoms with van der Waals surface area (Å²) in [7, 11) is 5.08. The first-order chi connectivity index (χ1) is 11.5. The van der Waals surface area contributed by atoms with Gasteiger partial charge < -0.3 is 14.2 Å². The van der Waals surface area contributed by atoms with Gasteiger partial charge in [0.15, 0.2) is 0 Å². The minimum absolute atomic E-state index is 0.119. The van der Waals surface area contributed by atoms with E-state index in [1.807, 2.05) is 14.0 Å². The number of aryl methyl sites for hydroxylation is 3. The molecule has 24 heavy (non-hydrogen) atoms. The molecule has 0 unspecified atom stereocenters. The van der Waals surface area contributed by atoms with Crippen LogP contribution in [-0.4, -0.2) is 38.8 Å². The lowest BCUT2D eigenvalue weighted by atomic mass is 10.0. The Balaban J connectivity index is 2.01. The number of rotatable bonds is 3. The van der Waals surface area contributed by atoms with Gasteiger partial charge in [0.2, 0.25) is 5.88 Å². The van der Waals surface area contributed by atoms with Crippen molar-refractivity contribution >= 4 is 5.91 Å². The molecule has 2 aromatic heterocycles. The van der Waals surface area contributed by atoms with E-state index in [1.54, 1.807) is 42.1 Å². The predicted molar refractivity (Wildman–Crippen MR) is 89.2 cm³/mol. The third-order valence-electron chi connectivity index (χ3n) is 4.61. The number of aromatic nitrogens is 3. The number of amides is 1. The number of nitrogens with zero attached hydrogens (tertiary/aromatic N) is 4. The molecule has 0 aromatic carbocycles. The van der Waals surface area contributed by atoms with Gasteiger partial charge in [0.05, 0.1) is 24.4 Å². The van der Waals surface area contributed by atoms with E-state index in [-0.39, 0.29) is 23.1 Å². The first-order valence-corrected chi connectivity index (χ1v) is 7.99. The Morgan fingerprint density at radius 2 is 2.12 bits per heavy atom. The van der Waals surface area contributed by atoms with Crippen molar-refractivity contribution in [1.29, 1.82) is 0 Å². The molecule has 128 valence electrons. The van der Waals surface area contributed by atoms with Crippen molar-refractivity contribution in [2.24, 2.45) is 14.1 Å². The third-order valence-corrected chi connectivity index (χ3v) is 4.61. The Morgan fingerprint density at radius 3 is 2.83 bits per heavy atom. The molecule has 0 N–H and O–H groups in total. The van der Waals surface area contributed by atoms with Gasteiger partial charge in [-0.15, -0.1) is 0 Å². The van der Waals surface area contributed by atoms with E-state index in [2.05, 4.69) is 5.10 Å². The average Bonchev–Trinajstić information content (AvgIpc) is 3.12. The summed E-state index contributed by atoms with van der Waals surface area (Å²) in [6, 6.07) is 3.19. The Kier molecular flexibility index (Phi) is 4.17. The van der Waals surface area contributed by atoms with Crippen LogP contribution in [0.2, 0.25) is 0 Å². The minimum Gasteiger partial charge on any atom is -0.481 e. The number of likely N-dealkylation sites (tertiary alicyclic amines) is 1. The number of carbonyl (C=O) groups excluding carboxylic acids is 1. The zero-order chi connectivity index (χ0) is 17.4. The molecule has 1 atom stereocenters. The van der Waals surface area contributed by atoms with Crippen LogP contribution in [0.5, 0.6) is 5.88 Å². The highest BCUT2D eigenvalue weighted by Gasteiger charge is 2.36. The maximum absolute atomic E-state index is 13.0. The van der Waals surface area contributed by atoms with Crippen LogP contribution in [0.15, 0.2) is 23.1 Å². The maximum atomic E-state index is 13.0. The number of carbonyl (C=O) groups is 1. The Hall–Kier alpha value is -2.57. The van der Waals surface area contributed by atoms with Crippen LogP contribution in [0.3, 0.4) is 0 Å². The van der Waals surface area contributed by atoms with Crippen LogP contribution in [0.1, 0.15) is 40.5 Å². The first-order valence-electron chi connectivity index (χ1n) is 7.99. The number of ether oxygens (including phenoxy) is 1. The van der Waals surface area contributed by atoms with Crippen LogP contribution < -0.4 is 10.3 Å². The molecular weight excluding hydrogens is 308 g/mol. The third kappa shape index (κ3) is 2.50. The Labute approximate surface area is 140 Å². The molecule has 0 aliphatic carbocycles. The minimum atomic E-state index is -0.275. The second kappa shape index (κ2) is 6.14. The highest BCUT2D eigenvalue weighted by molar-refractivity contribution is 5.94. The van der Waals surface area contributed by atoms with Crippen molar-refractivity contribution in [3.05, 3.63) is 45.5 Å².